The average molecular weight is 292 g/mol. The first-order valence-electron chi connectivity index (χ1n) is 5.70. The third kappa shape index (κ3) is 2.12. The van der Waals surface area contributed by atoms with Crippen LogP contribution in [0.3, 0.4) is 0 Å². The predicted octanol–water partition coefficient (Wildman–Crippen LogP) is 1.46. The van der Waals surface area contributed by atoms with Gasteiger partial charge in [-0.15, -0.1) is 0 Å². The fourth-order valence-electron chi connectivity index (χ4n) is 2.13. The fourth-order valence-corrected chi connectivity index (χ4v) is 2.13. The highest BCUT2D eigenvalue weighted by atomic mass is 19.4. The summed E-state index contributed by atoms with van der Waals surface area (Å²) in [5, 5.41) is 12.3. The van der Waals surface area contributed by atoms with Crippen molar-refractivity contribution in [3.8, 4) is 0 Å². The minimum Gasteiger partial charge on any atom is -0.481 e. The van der Waals surface area contributed by atoms with Gasteiger partial charge in [0, 0.05) is 19.2 Å². The number of carboxylic acid groups (broad SMARTS) is 1. The van der Waals surface area contributed by atoms with Gasteiger partial charge in [0.15, 0.2) is 5.41 Å². The molecule has 0 aromatic carbocycles. The normalized spacial score (nSPS) is 23.1. The molecule has 2 rings (SSSR count). The van der Waals surface area contributed by atoms with E-state index < -0.39 is 36.4 Å². The molecule has 0 bridgehead atoms. The topological polar surface area (TPSA) is 83.6 Å². The Morgan fingerprint density at radius 2 is 2.15 bits per heavy atom. The van der Waals surface area contributed by atoms with Crippen molar-refractivity contribution >= 4 is 11.9 Å². The summed E-state index contributed by atoms with van der Waals surface area (Å²) in [4.78, 5) is 23.7. The predicted molar refractivity (Wildman–Crippen MR) is 57.9 cm³/mol. The van der Waals surface area contributed by atoms with E-state index in [4.69, 9.17) is 5.11 Å². The number of aromatic nitrogens is 1. The lowest BCUT2D eigenvalue weighted by atomic mass is 9.86. The first-order valence-corrected chi connectivity index (χ1v) is 5.70. The molecular weight excluding hydrogens is 281 g/mol. The van der Waals surface area contributed by atoms with Crippen LogP contribution in [0.1, 0.15) is 22.7 Å². The number of alkyl halides is 3. The Bertz CT molecular complexity index is 554. The van der Waals surface area contributed by atoms with E-state index in [2.05, 4.69) is 9.68 Å². The van der Waals surface area contributed by atoms with E-state index in [9.17, 15) is 22.8 Å². The molecule has 0 radical (unpaired) electrons. The Balaban J connectivity index is 2.23. The minimum absolute atomic E-state index is 0.203. The molecule has 9 heteroatoms. The molecule has 1 unspecified atom stereocenters. The minimum atomic E-state index is -4.93. The first kappa shape index (κ1) is 14.4. The van der Waals surface area contributed by atoms with Crippen LogP contribution in [-0.2, 0) is 4.79 Å². The summed E-state index contributed by atoms with van der Waals surface area (Å²) >= 11 is 0. The van der Waals surface area contributed by atoms with Crippen LogP contribution in [0, 0.1) is 12.3 Å². The summed E-state index contributed by atoms with van der Waals surface area (Å²) in [5.41, 5.74) is -2.51. The number of aryl methyl sites for hydroxylation is 1. The summed E-state index contributed by atoms with van der Waals surface area (Å²) in [6.45, 7) is 0.330. The second-order valence-electron chi connectivity index (χ2n) is 4.69. The second-order valence-corrected chi connectivity index (χ2v) is 4.69. The van der Waals surface area contributed by atoms with E-state index >= 15 is 0 Å². The first-order chi connectivity index (χ1) is 9.17. The van der Waals surface area contributed by atoms with Crippen LogP contribution in [0.2, 0.25) is 0 Å². The molecule has 0 spiro atoms. The smallest absolute Gasteiger partial charge is 0.406 e. The van der Waals surface area contributed by atoms with Gasteiger partial charge in [0.2, 0.25) is 5.76 Å². The van der Waals surface area contributed by atoms with Gasteiger partial charge >= 0.3 is 12.1 Å². The van der Waals surface area contributed by atoms with Crippen molar-refractivity contribution < 1.29 is 32.4 Å². The van der Waals surface area contributed by atoms with Gasteiger partial charge in [-0.05, 0) is 13.3 Å². The van der Waals surface area contributed by atoms with Gasteiger partial charge in [0.1, 0.15) is 0 Å². The SMILES string of the molecule is Cc1cc(C(=O)N2CCC(C(=O)O)(C(F)(F)F)C2)on1. The van der Waals surface area contributed by atoms with Crippen molar-refractivity contribution in [1.82, 2.24) is 10.1 Å². The molecule has 1 N–H and O–H groups in total. The number of carbonyl (C=O) groups is 2. The summed E-state index contributed by atoms with van der Waals surface area (Å²) in [5.74, 6) is -2.97. The van der Waals surface area contributed by atoms with Gasteiger partial charge in [-0.1, -0.05) is 5.16 Å². The highest BCUT2D eigenvalue weighted by molar-refractivity contribution is 5.92. The maximum absolute atomic E-state index is 13.0. The van der Waals surface area contributed by atoms with Crippen LogP contribution in [-0.4, -0.2) is 46.3 Å². The molecular formula is C11H11F3N2O4. The summed E-state index contributed by atoms with van der Waals surface area (Å²) in [6, 6.07) is 1.29. The number of aliphatic carboxylic acids is 1. The Labute approximate surface area is 111 Å². The van der Waals surface area contributed by atoms with Gasteiger partial charge < -0.3 is 14.5 Å². The highest BCUT2D eigenvalue weighted by Crippen LogP contribution is 2.45. The molecule has 1 atom stereocenters. The van der Waals surface area contributed by atoms with E-state index in [1.54, 1.807) is 6.92 Å². The van der Waals surface area contributed by atoms with E-state index in [1.807, 2.05) is 0 Å². The third-order valence-corrected chi connectivity index (χ3v) is 3.35. The maximum atomic E-state index is 13.0. The molecule has 1 aromatic heterocycles. The van der Waals surface area contributed by atoms with Gasteiger partial charge in [0.25, 0.3) is 5.91 Å². The lowest BCUT2D eigenvalue weighted by molar-refractivity contribution is -0.227. The number of hydrogen-bond donors (Lipinski definition) is 1. The fraction of sp³-hybridized carbons (Fsp3) is 0.545. The van der Waals surface area contributed by atoms with Crippen LogP contribution in [0.15, 0.2) is 10.6 Å². The van der Waals surface area contributed by atoms with Crippen LogP contribution >= 0.6 is 0 Å². The number of amides is 1. The van der Waals surface area contributed by atoms with Crippen molar-refractivity contribution in [2.45, 2.75) is 19.5 Å². The lowest BCUT2D eigenvalue weighted by Crippen LogP contribution is -2.47. The lowest BCUT2D eigenvalue weighted by Gasteiger charge is -2.26. The summed E-state index contributed by atoms with van der Waals surface area (Å²) < 4.78 is 43.5. The Morgan fingerprint density at radius 1 is 1.50 bits per heavy atom. The molecule has 0 saturated carbocycles. The second kappa shape index (κ2) is 4.50. The zero-order chi connectivity index (χ0) is 15.1. The largest absolute Gasteiger partial charge is 0.481 e. The Hall–Kier alpha value is -2.06. The van der Waals surface area contributed by atoms with E-state index in [1.165, 1.54) is 6.07 Å². The van der Waals surface area contributed by atoms with Gasteiger partial charge in [-0.2, -0.15) is 13.2 Å². The van der Waals surface area contributed by atoms with Crippen LogP contribution in [0.5, 0.6) is 0 Å². The monoisotopic (exact) mass is 292 g/mol. The molecule has 1 amide bonds. The number of hydrogen-bond acceptors (Lipinski definition) is 4. The number of halogens is 3. The quantitative estimate of drug-likeness (QED) is 0.892. The number of nitrogens with zero attached hydrogens (tertiary/aromatic N) is 2. The van der Waals surface area contributed by atoms with E-state index in [-0.39, 0.29) is 12.3 Å². The van der Waals surface area contributed by atoms with Gasteiger partial charge in [-0.25, -0.2) is 0 Å². The van der Waals surface area contributed by atoms with Gasteiger partial charge in [0.05, 0.1) is 5.69 Å². The van der Waals surface area contributed by atoms with Crippen LogP contribution in [0.25, 0.3) is 0 Å². The Kier molecular flexibility index (Phi) is 3.23. The molecule has 0 aliphatic carbocycles. The number of rotatable bonds is 2. The molecule has 110 valence electrons. The van der Waals surface area contributed by atoms with Crippen molar-refractivity contribution in [2.75, 3.05) is 13.1 Å². The van der Waals surface area contributed by atoms with Crippen LogP contribution < -0.4 is 0 Å². The molecule has 1 saturated heterocycles. The van der Waals surface area contributed by atoms with Crippen molar-refractivity contribution in [1.29, 1.82) is 0 Å². The Morgan fingerprint density at radius 3 is 2.55 bits per heavy atom. The number of carbonyl (C=O) groups excluding carboxylic acids is 1. The standard InChI is InChI=1S/C11H11F3N2O4/c1-6-4-7(20-15-6)8(17)16-3-2-10(5-16,9(18)19)11(12,13)14/h4H,2-3,5H2,1H3,(H,18,19). The average Bonchev–Trinajstić information content (AvgIpc) is 2.93. The van der Waals surface area contributed by atoms with Crippen molar-refractivity contribution in [2.24, 2.45) is 5.41 Å². The molecule has 6 nitrogen and oxygen atoms in total. The number of likely N-dealkylation sites (tertiary alicyclic amines) is 1. The zero-order valence-corrected chi connectivity index (χ0v) is 10.4. The molecule has 20 heavy (non-hydrogen) atoms. The summed E-state index contributed by atoms with van der Waals surface area (Å²) in [6.07, 6.45) is -5.60. The van der Waals surface area contributed by atoms with Crippen LogP contribution in [0.4, 0.5) is 13.2 Å². The maximum Gasteiger partial charge on any atom is 0.406 e. The van der Waals surface area contributed by atoms with Crippen molar-refractivity contribution in [3.05, 3.63) is 17.5 Å². The molecule has 1 aliphatic rings. The van der Waals surface area contributed by atoms with E-state index in [0.717, 1.165) is 4.90 Å². The summed E-state index contributed by atoms with van der Waals surface area (Å²) in [7, 11) is 0. The molecule has 1 aliphatic heterocycles. The number of carboxylic acids is 1. The molecule has 2 heterocycles. The molecule has 1 aromatic rings. The van der Waals surface area contributed by atoms with Crippen molar-refractivity contribution in [3.63, 3.8) is 0 Å². The molecule has 1 fully saturated rings. The highest BCUT2D eigenvalue weighted by Gasteiger charge is 2.64. The van der Waals surface area contributed by atoms with E-state index in [0.29, 0.717) is 5.69 Å². The third-order valence-electron chi connectivity index (χ3n) is 3.35. The zero-order valence-electron chi connectivity index (χ0n) is 10.4. The van der Waals surface area contributed by atoms with Gasteiger partial charge in [-0.3, -0.25) is 9.59 Å².